The lowest BCUT2D eigenvalue weighted by molar-refractivity contribution is -0.148. The van der Waals surface area contributed by atoms with Gasteiger partial charge in [0.2, 0.25) is 0 Å². The van der Waals surface area contributed by atoms with Gasteiger partial charge in [-0.25, -0.2) is 4.79 Å². The van der Waals surface area contributed by atoms with E-state index in [2.05, 4.69) is 10.1 Å². The van der Waals surface area contributed by atoms with Crippen LogP contribution < -0.4 is 5.32 Å². The number of esters is 1. The summed E-state index contributed by atoms with van der Waals surface area (Å²) in [5.74, 6) is -0.832. The third kappa shape index (κ3) is 5.11. The molecule has 5 nitrogen and oxygen atoms in total. The number of methoxy groups -OCH3 is 1. The molecule has 16 heavy (non-hydrogen) atoms. The van der Waals surface area contributed by atoms with E-state index in [1.165, 1.54) is 21.0 Å². The highest BCUT2D eigenvalue weighted by molar-refractivity contribution is 5.88. The Balaban J connectivity index is 4.55. The molecule has 0 aliphatic rings. The minimum absolute atomic E-state index is 0.242. The van der Waals surface area contributed by atoms with Gasteiger partial charge in [-0.3, -0.25) is 4.79 Å². The lowest BCUT2D eigenvalue weighted by Gasteiger charge is -2.23. The summed E-state index contributed by atoms with van der Waals surface area (Å²) >= 11 is 0. The summed E-state index contributed by atoms with van der Waals surface area (Å²) in [4.78, 5) is 22.9. The van der Waals surface area contributed by atoms with Crippen molar-refractivity contribution in [3.8, 4) is 0 Å². The van der Waals surface area contributed by atoms with Crippen LogP contribution in [0.1, 0.15) is 34.1 Å². The molecule has 1 amide bonds. The fourth-order valence-electron chi connectivity index (χ4n) is 1.16. The molecule has 0 aromatic rings. The summed E-state index contributed by atoms with van der Waals surface area (Å²) in [5, 5.41) is 11.9. The molecule has 1 unspecified atom stereocenters. The number of ether oxygens (including phenoxy) is 1. The van der Waals surface area contributed by atoms with E-state index < -0.39 is 23.5 Å². The molecule has 0 saturated carbocycles. The standard InChI is InChI=1S/C11H21NO4/c1-7(2)6-8(9(13)16-5)12-10(14)11(3,4)15/h7-8,15H,6H2,1-5H3,(H,12,14). The van der Waals surface area contributed by atoms with Crippen LogP contribution in [0.5, 0.6) is 0 Å². The van der Waals surface area contributed by atoms with Crippen LogP contribution in [0.25, 0.3) is 0 Å². The van der Waals surface area contributed by atoms with Crippen LogP contribution in [0.3, 0.4) is 0 Å². The van der Waals surface area contributed by atoms with Crippen LogP contribution in [-0.4, -0.2) is 35.7 Å². The van der Waals surface area contributed by atoms with Gasteiger partial charge < -0.3 is 15.2 Å². The maximum absolute atomic E-state index is 11.5. The highest BCUT2D eigenvalue weighted by Gasteiger charge is 2.29. The lowest BCUT2D eigenvalue weighted by Crippen LogP contribution is -2.50. The molecule has 0 fully saturated rings. The van der Waals surface area contributed by atoms with Crippen molar-refractivity contribution >= 4 is 11.9 Å². The van der Waals surface area contributed by atoms with E-state index in [-0.39, 0.29) is 5.92 Å². The van der Waals surface area contributed by atoms with Gasteiger partial charge in [0.15, 0.2) is 0 Å². The topological polar surface area (TPSA) is 75.6 Å². The van der Waals surface area contributed by atoms with Crippen LogP contribution in [0.15, 0.2) is 0 Å². The van der Waals surface area contributed by atoms with E-state index in [1.54, 1.807) is 0 Å². The minimum atomic E-state index is -1.50. The molecule has 0 heterocycles. The van der Waals surface area contributed by atoms with Crippen LogP contribution in [-0.2, 0) is 14.3 Å². The first kappa shape index (κ1) is 14.9. The van der Waals surface area contributed by atoms with Crippen LogP contribution >= 0.6 is 0 Å². The van der Waals surface area contributed by atoms with Crippen molar-refractivity contribution in [3.05, 3.63) is 0 Å². The number of nitrogens with one attached hydrogen (secondary N) is 1. The quantitative estimate of drug-likeness (QED) is 0.674. The fourth-order valence-corrected chi connectivity index (χ4v) is 1.16. The van der Waals surface area contributed by atoms with Gasteiger partial charge >= 0.3 is 5.97 Å². The highest BCUT2D eigenvalue weighted by Crippen LogP contribution is 2.08. The predicted octanol–water partition coefficient (Wildman–Crippen LogP) is 0.461. The van der Waals surface area contributed by atoms with Crippen molar-refractivity contribution in [3.63, 3.8) is 0 Å². The van der Waals surface area contributed by atoms with Gasteiger partial charge in [0, 0.05) is 0 Å². The molecule has 0 spiro atoms. The number of aliphatic hydroxyl groups is 1. The van der Waals surface area contributed by atoms with Crippen molar-refractivity contribution < 1.29 is 19.4 Å². The summed E-state index contributed by atoms with van der Waals surface area (Å²) in [5.41, 5.74) is -1.50. The summed E-state index contributed by atoms with van der Waals surface area (Å²) < 4.78 is 4.59. The van der Waals surface area contributed by atoms with E-state index in [0.29, 0.717) is 6.42 Å². The molecule has 94 valence electrons. The third-order valence-electron chi connectivity index (χ3n) is 2.05. The minimum Gasteiger partial charge on any atom is -0.467 e. The molecular formula is C11H21NO4. The van der Waals surface area contributed by atoms with Crippen LogP contribution in [0.2, 0.25) is 0 Å². The van der Waals surface area contributed by atoms with E-state index in [9.17, 15) is 14.7 Å². The molecule has 0 aromatic carbocycles. The van der Waals surface area contributed by atoms with Crippen molar-refractivity contribution in [1.29, 1.82) is 0 Å². The first-order valence-corrected chi connectivity index (χ1v) is 5.29. The summed E-state index contributed by atoms with van der Waals surface area (Å²) in [7, 11) is 1.27. The van der Waals surface area contributed by atoms with Gasteiger partial charge in [0.25, 0.3) is 5.91 Å². The van der Waals surface area contributed by atoms with Gasteiger partial charge in [-0.2, -0.15) is 0 Å². The number of hydrogen-bond acceptors (Lipinski definition) is 4. The zero-order valence-electron chi connectivity index (χ0n) is 10.5. The van der Waals surface area contributed by atoms with Crippen molar-refractivity contribution in [2.45, 2.75) is 45.8 Å². The van der Waals surface area contributed by atoms with Crippen LogP contribution in [0.4, 0.5) is 0 Å². The second-order valence-electron chi connectivity index (χ2n) is 4.74. The van der Waals surface area contributed by atoms with Gasteiger partial charge in [0.05, 0.1) is 7.11 Å². The monoisotopic (exact) mass is 231 g/mol. The maximum Gasteiger partial charge on any atom is 0.328 e. The molecule has 5 heteroatoms. The van der Waals surface area contributed by atoms with E-state index in [4.69, 9.17) is 0 Å². The van der Waals surface area contributed by atoms with Gasteiger partial charge in [0.1, 0.15) is 11.6 Å². The average Bonchev–Trinajstić information content (AvgIpc) is 2.13. The number of hydrogen-bond donors (Lipinski definition) is 2. The Hall–Kier alpha value is -1.10. The highest BCUT2D eigenvalue weighted by atomic mass is 16.5. The Morgan fingerprint density at radius 1 is 1.38 bits per heavy atom. The Morgan fingerprint density at radius 2 is 1.88 bits per heavy atom. The predicted molar refractivity (Wildman–Crippen MR) is 59.7 cm³/mol. The van der Waals surface area contributed by atoms with E-state index in [1.807, 2.05) is 13.8 Å². The summed E-state index contributed by atoms with van der Waals surface area (Å²) in [6.45, 7) is 6.61. The largest absolute Gasteiger partial charge is 0.467 e. The van der Waals surface area contributed by atoms with Crippen molar-refractivity contribution in [1.82, 2.24) is 5.32 Å². The van der Waals surface area contributed by atoms with Crippen LogP contribution in [0, 0.1) is 5.92 Å². The number of rotatable bonds is 5. The molecule has 0 aliphatic heterocycles. The number of amides is 1. The Labute approximate surface area is 96.2 Å². The van der Waals surface area contributed by atoms with Crippen molar-refractivity contribution in [2.75, 3.05) is 7.11 Å². The molecule has 0 saturated heterocycles. The average molecular weight is 231 g/mol. The Bertz CT molecular complexity index is 255. The smallest absolute Gasteiger partial charge is 0.328 e. The number of carbonyl (C=O) groups is 2. The maximum atomic E-state index is 11.5. The SMILES string of the molecule is COC(=O)C(CC(C)C)NC(=O)C(C)(C)O. The van der Waals surface area contributed by atoms with Gasteiger partial charge in [-0.15, -0.1) is 0 Å². The lowest BCUT2D eigenvalue weighted by atomic mass is 10.0. The first-order chi connectivity index (χ1) is 7.18. The normalized spacial score (nSPS) is 13.4. The molecule has 0 radical (unpaired) electrons. The summed E-state index contributed by atoms with van der Waals surface area (Å²) in [6.07, 6.45) is 0.481. The molecule has 1 atom stereocenters. The zero-order valence-corrected chi connectivity index (χ0v) is 10.5. The second kappa shape index (κ2) is 5.84. The van der Waals surface area contributed by atoms with E-state index >= 15 is 0 Å². The van der Waals surface area contributed by atoms with Crippen molar-refractivity contribution in [2.24, 2.45) is 5.92 Å². The Kier molecular flexibility index (Phi) is 5.44. The summed E-state index contributed by atoms with van der Waals surface area (Å²) in [6, 6.07) is -0.705. The fraction of sp³-hybridized carbons (Fsp3) is 0.818. The molecule has 0 aliphatic carbocycles. The molecule has 0 bridgehead atoms. The first-order valence-electron chi connectivity index (χ1n) is 5.29. The molecule has 0 rings (SSSR count). The second-order valence-corrected chi connectivity index (χ2v) is 4.74. The third-order valence-corrected chi connectivity index (χ3v) is 2.05. The molecule has 2 N–H and O–H groups in total. The zero-order chi connectivity index (χ0) is 12.9. The molecule has 0 aromatic heterocycles. The van der Waals surface area contributed by atoms with E-state index in [0.717, 1.165) is 0 Å². The van der Waals surface area contributed by atoms with Gasteiger partial charge in [-0.1, -0.05) is 13.8 Å². The number of carbonyl (C=O) groups excluding carboxylic acids is 2. The van der Waals surface area contributed by atoms with Gasteiger partial charge in [-0.05, 0) is 26.2 Å². The molecular weight excluding hydrogens is 210 g/mol. The Morgan fingerprint density at radius 3 is 2.19 bits per heavy atom.